The molecule has 0 fully saturated rings. The third-order valence-corrected chi connectivity index (χ3v) is 7.06. The second kappa shape index (κ2) is 10.1. The lowest BCUT2D eigenvalue weighted by atomic mass is 9.91. The highest BCUT2D eigenvalue weighted by atomic mass is 32.1. The first-order valence-electron chi connectivity index (χ1n) is 11.7. The molecule has 3 aromatic rings. The second-order valence-corrected chi connectivity index (χ2v) is 10.7. The SMILES string of the molecule is Cc1ccc(-c2ccc(N3C(=O)C(O)=C(C(=O)CC(C)C)C3c3cccnc3C(=O)N(C)C)cc2)s1. The third-order valence-electron chi connectivity index (χ3n) is 6.01. The molecule has 186 valence electrons. The number of carbonyl (C=O) groups excluding carboxylic acids is 3. The van der Waals surface area contributed by atoms with Gasteiger partial charge in [0.25, 0.3) is 11.8 Å². The number of benzene rings is 1. The molecule has 1 N–H and O–H groups in total. The van der Waals surface area contributed by atoms with E-state index in [1.807, 2.05) is 45.0 Å². The smallest absolute Gasteiger partial charge is 0.294 e. The molecule has 8 heteroatoms. The summed E-state index contributed by atoms with van der Waals surface area (Å²) in [4.78, 5) is 49.1. The van der Waals surface area contributed by atoms with Gasteiger partial charge in [-0.05, 0) is 48.7 Å². The molecule has 0 aliphatic carbocycles. The lowest BCUT2D eigenvalue weighted by Gasteiger charge is -2.28. The van der Waals surface area contributed by atoms with E-state index < -0.39 is 17.7 Å². The predicted molar refractivity (Wildman–Crippen MR) is 141 cm³/mol. The third kappa shape index (κ3) is 4.68. The van der Waals surface area contributed by atoms with Gasteiger partial charge in [0.2, 0.25) is 0 Å². The molecule has 3 heterocycles. The summed E-state index contributed by atoms with van der Waals surface area (Å²) in [6.07, 6.45) is 1.66. The van der Waals surface area contributed by atoms with Crippen molar-refractivity contribution in [1.82, 2.24) is 9.88 Å². The van der Waals surface area contributed by atoms with Crippen LogP contribution in [0.3, 0.4) is 0 Å². The molecular formula is C28H29N3O4S. The summed E-state index contributed by atoms with van der Waals surface area (Å²) in [6, 6.07) is 13.9. The van der Waals surface area contributed by atoms with Gasteiger partial charge in [-0.3, -0.25) is 24.3 Å². The van der Waals surface area contributed by atoms with Gasteiger partial charge in [0.05, 0.1) is 11.6 Å². The van der Waals surface area contributed by atoms with Crippen LogP contribution in [0.4, 0.5) is 5.69 Å². The van der Waals surface area contributed by atoms with Gasteiger partial charge in [-0.25, -0.2) is 0 Å². The Balaban J connectivity index is 1.85. The van der Waals surface area contributed by atoms with Crippen LogP contribution < -0.4 is 4.90 Å². The molecule has 1 aliphatic rings. The number of rotatable bonds is 7. The average molecular weight is 504 g/mol. The van der Waals surface area contributed by atoms with E-state index in [0.29, 0.717) is 11.3 Å². The lowest BCUT2D eigenvalue weighted by Crippen LogP contribution is -2.33. The maximum atomic E-state index is 13.4. The molecule has 0 saturated carbocycles. The molecule has 1 atom stereocenters. The standard InChI is InChI=1S/C28H29N3O4S/c1-16(2)15-21(32)23-25(20-7-6-14-29-24(20)27(34)30(4)5)31(28(35)26(23)33)19-11-9-18(10-12-19)22-13-8-17(3)36-22/h6-14,16,25,33H,15H2,1-5H3. The van der Waals surface area contributed by atoms with Crippen molar-refractivity contribution in [1.29, 1.82) is 0 Å². The van der Waals surface area contributed by atoms with Gasteiger partial charge in [0.15, 0.2) is 11.5 Å². The highest BCUT2D eigenvalue weighted by molar-refractivity contribution is 7.15. The average Bonchev–Trinajstić information content (AvgIpc) is 3.39. The Kier molecular flexibility index (Phi) is 7.08. The van der Waals surface area contributed by atoms with Crippen molar-refractivity contribution in [3.63, 3.8) is 0 Å². The number of hydrogen-bond acceptors (Lipinski definition) is 6. The Morgan fingerprint density at radius 3 is 2.39 bits per heavy atom. The molecule has 36 heavy (non-hydrogen) atoms. The fourth-order valence-corrected chi connectivity index (χ4v) is 5.21. The Bertz CT molecular complexity index is 1360. The molecule has 2 aromatic heterocycles. The largest absolute Gasteiger partial charge is 0.503 e. The highest BCUT2D eigenvalue weighted by Gasteiger charge is 2.45. The number of aliphatic hydroxyl groups is 1. The monoisotopic (exact) mass is 503 g/mol. The number of ketones is 1. The molecule has 0 bridgehead atoms. The van der Waals surface area contributed by atoms with Crippen molar-refractivity contribution >= 4 is 34.6 Å². The molecule has 0 spiro atoms. The fourth-order valence-electron chi connectivity index (χ4n) is 4.34. The summed E-state index contributed by atoms with van der Waals surface area (Å²) in [5.41, 5.74) is 2.01. The second-order valence-electron chi connectivity index (χ2n) is 9.46. The van der Waals surface area contributed by atoms with Crippen LogP contribution in [-0.2, 0) is 9.59 Å². The Labute approximate surface area is 214 Å². The molecule has 0 saturated heterocycles. The van der Waals surface area contributed by atoms with Crippen LogP contribution in [0.1, 0.15) is 47.2 Å². The molecule has 0 radical (unpaired) electrons. The molecule has 1 aromatic carbocycles. The summed E-state index contributed by atoms with van der Waals surface area (Å²) in [5, 5.41) is 10.9. The van der Waals surface area contributed by atoms with Crippen molar-refractivity contribution in [3.8, 4) is 10.4 Å². The van der Waals surface area contributed by atoms with Gasteiger partial charge >= 0.3 is 0 Å². The summed E-state index contributed by atoms with van der Waals surface area (Å²) >= 11 is 1.67. The van der Waals surface area contributed by atoms with Crippen LogP contribution in [-0.4, -0.2) is 46.7 Å². The minimum absolute atomic E-state index is 0.00698. The summed E-state index contributed by atoms with van der Waals surface area (Å²) in [6.45, 7) is 5.84. The zero-order valence-corrected chi connectivity index (χ0v) is 21.8. The molecule has 2 amide bonds. The van der Waals surface area contributed by atoms with E-state index in [-0.39, 0.29) is 35.3 Å². The Morgan fingerprint density at radius 2 is 1.81 bits per heavy atom. The number of amides is 2. The molecular weight excluding hydrogens is 474 g/mol. The molecule has 7 nitrogen and oxygen atoms in total. The number of thiophene rings is 1. The first-order chi connectivity index (χ1) is 17.1. The number of hydrogen-bond donors (Lipinski definition) is 1. The lowest BCUT2D eigenvalue weighted by molar-refractivity contribution is -0.118. The van der Waals surface area contributed by atoms with E-state index in [4.69, 9.17) is 0 Å². The van der Waals surface area contributed by atoms with Gasteiger partial charge in [-0.1, -0.05) is 32.0 Å². The molecule has 1 unspecified atom stereocenters. The van der Waals surface area contributed by atoms with Crippen molar-refractivity contribution in [2.24, 2.45) is 5.92 Å². The number of aromatic nitrogens is 1. The van der Waals surface area contributed by atoms with Crippen molar-refractivity contribution in [2.45, 2.75) is 33.2 Å². The number of aliphatic hydroxyl groups excluding tert-OH is 1. The maximum absolute atomic E-state index is 13.4. The van der Waals surface area contributed by atoms with Crippen LogP contribution in [0.5, 0.6) is 0 Å². The maximum Gasteiger partial charge on any atom is 0.294 e. The Hall–Kier alpha value is -3.78. The molecule has 4 rings (SSSR count). The molecule has 1 aliphatic heterocycles. The van der Waals surface area contributed by atoms with Gasteiger partial charge in [-0.15, -0.1) is 11.3 Å². The summed E-state index contributed by atoms with van der Waals surface area (Å²) in [5.74, 6) is -1.94. The zero-order chi connectivity index (χ0) is 26.1. The Morgan fingerprint density at radius 1 is 1.11 bits per heavy atom. The first kappa shape index (κ1) is 25.3. The van der Waals surface area contributed by atoms with Gasteiger partial charge in [0.1, 0.15) is 5.69 Å². The normalized spacial score (nSPS) is 15.7. The predicted octanol–water partition coefficient (Wildman–Crippen LogP) is 5.34. The van der Waals surface area contributed by atoms with Gasteiger partial charge in [-0.2, -0.15) is 0 Å². The number of nitrogens with zero attached hydrogens (tertiary/aromatic N) is 3. The van der Waals surface area contributed by atoms with E-state index in [1.165, 1.54) is 20.9 Å². The van der Waals surface area contributed by atoms with Crippen LogP contribution in [0.15, 0.2) is 66.1 Å². The summed E-state index contributed by atoms with van der Waals surface area (Å²) < 4.78 is 0. The van der Waals surface area contributed by atoms with Crippen LogP contribution in [0, 0.1) is 12.8 Å². The topological polar surface area (TPSA) is 90.8 Å². The highest BCUT2D eigenvalue weighted by Crippen LogP contribution is 2.43. The van der Waals surface area contributed by atoms with Crippen molar-refractivity contribution in [3.05, 3.63) is 82.2 Å². The van der Waals surface area contributed by atoms with E-state index in [2.05, 4.69) is 4.98 Å². The van der Waals surface area contributed by atoms with E-state index in [0.717, 1.165) is 10.4 Å². The van der Waals surface area contributed by atoms with E-state index in [1.54, 1.807) is 49.7 Å². The van der Waals surface area contributed by atoms with Crippen LogP contribution in [0.25, 0.3) is 10.4 Å². The number of anilines is 1. The van der Waals surface area contributed by atoms with E-state index >= 15 is 0 Å². The van der Waals surface area contributed by atoms with Crippen LogP contribution >= 0.6 is 11.3 Å². The van der Waals surface area contributed by atoms with Gasteiger partial charge < -0.3 is 10.0 Å². The van der Waals surface area contributed by atoms with Crippen LogP contribution in [0.2, 0.25) is 0 Å². The number of Topliss-reactive ketones (excluding diaryl/α,β-unsaturated/α-hetero) is 1. The van der Waals surface area contributed by atoms with E-state index in [9.17, 15) is 19.5 Å². The van der Waals surface area contributed by atoms with Crippen molar-refractivity contribution in [2.75, 3.05) is 19.0 Å². The number of pyridine rings is 1. The summed E-state index contributed by atoms with van der Waals surface area (Å²) in [7, 11) is 3.23. The number of carbonyl (C=O) groups is 3. The fraction of sp³-hybridized carbons (Fsp3) is 0.286. The first-order valence-corrected chi connectivity index (χ1v) is 12.5. The minimum atomic E-state index is -0.980. The van der Waals surface area contributed by atoms with Crippen molar-refractivity contribution < 1.29 is 19.5 Å². The minimum Gasteiger partial charge on any atom is -0.503 e. The number of aryl methyl sites for hydroxylation is 1. The zero-order valence-electron chi connectivity index (χ0n) is 21.0. The quantitative estimate of drug-likeness (QED) is 0.470. The van der Waals surface area contributed by atoms with Gasteiger partial charge in [0, 0.05) is 47.7 Å².